The average Bonchev–Trinajstić information content (AvgIpc) is 2.68. The lowest BCUT2D eigenvalue weighted by Gasteiger charge is -2.36. The summed E-state index contributed by atoms with van der Waals surface area (Å²) in [5.41, 5.74) is 0.407. The van der Waals surface area contributed by atoms with Gasteiger partial charge < -0.3 is 14.4 Å². The quantitative estimate of drug-likeness (QED) is 0.724. The molecule has 1 aromatic rings. The zero-order valence-electron chi connectivity index (χ0n) is 15.5. The molecule has 3 rings (SSSR count). The minimum absolute atomic E-state index is 0.200. The van der Waals surface area contributed by atoms with Crippen molar-refractivity contribution in [2.75, 3.05) is 52.5 Å². The molecule has 1 aromatic carbocycles. The fourth-order valence-electron chi connectivity index (χ4n) is 3.25. The predicted molar refractivity (Wildman–Crippen MR) is 102 cm³/mol. The summed E-state index contributed by atoms with van der Waals surface area (Å²) in [6, 6.07) is 3.19. The van der Waals surface area contributed by atoms with Gasteiger partial charge in [-0.3, -0.25) is 4.79 Å². The van der Waals surface area contributed by atoms with Crippen LogP contribution in [0.1, 0.15) is 24.2 Å². The molecule has 1 amide bonds. The van der Waals surface area contributed by atoms with E-state index in [9.17, 15) is 13.2 Å². The number of nitrogens with zero attached hydrogens (tertiary/aromatic N) is 3. The second kappa shape index (κ2) is 8.22. The Morgan fingerprint density at radius 2 is 1.74 bits per heavy atom. The Morgan fingerprint density at radius 1 is 1.11 bits per heavy atom. The highest BCUT2D eigenvalue weighted by atomic mass is 35.5. The third kappa shape index (κ3) is 4.01. The number of benzene rings is 1. The molecule has 0 unspecified atom stereocenters. The van der Waals surface area contributed by atoms with Crippen molar-refractivity contribution in [3.8, 4) is 11.5 Å². The van der Waals surface area contributed by atoms with Crippen LogP contribution in [-0.2, 0) is 10.2 Å². The van der Waals surface area contributed by atoms with Gasteiger partial charge in [0.05, 0.1) is 5.02 Å². The van der Waals surface area contributed by atoms with E-state index in [4.69, 9.17) is 21.1 Å². The van der Waals surface area contributed by atoms with E-state index in [1.807, 2.05) is 13.8 Å². The van der Waals surface area contributed by atoms with Gasteiger partial charge in [0.2, 0.25) is 0 Å². The lowest BCUT2D eigenvalue weighted by molar-refractivity contribution is 0.0693. The molecule has 0 aromatic heterocycles. The van der Waals surface area contributed by atoms with Crippen LogP contribution in [0.2, 0.25) is 5.02 Å². The van der Waals surface area contributed by atoms with Crippen LogP contribution in [0.15, 0.2) is 12.1 Å². The Labute approximate surface area is 164 Å². The molecule has 2 aliphatic heterocycles. The van der Waals surface area contributed by atoms with E-state index in [2.05, 4.69) is 0 Å². The third-order valence-electron chi connectivity index (χ3n) is 4.73. The number of carbonyl (C=O) groups is 1. The van der Waals surface area contributed by atoms with Crippen molar-refractivity contribution in [2.45, 2.75) is 13.8 Å². The van der Waals surface area contributed by atoms with E-state index in [-0.39, 0.29) is 19.0 Å². The first-order chi connectivity index (χ1) is 12.9. The molecule has 1 fully saturated rings. The Bertz CT molecular complexity index is 805. The molecule has 8 nitrogen and oxygen atoms in total. The summed E-state index contributed by atoms with van der Waals surface area (Å²) < 4.78 is 39.0. The topological polar surface area (TPSA) is 79.4 Å². The van der Waals surface area contributed by atoms with Gasteiger partial charge in [0, 0.05) is 44.8 Å². The summed E-state index contributed by atoms with van der Waals surface area (Å²) in [4.78, 5) is 14.5. The molecule has 1 saturated heterocycles. The van der Waals surface area contributed by atoms with Crippen LogP contribution >= 0.6 is 11.6 Å². The lowest BCUT2D eigenvalue weighted by atomic mass is 10.1. The first kappa shape index (κ1) is 20.2. The highest BCUT2D eigenvalue weighted by molar-refractivity contribution is 7.86. The zero-order valence-corrected chi connectivity index (χ0v) is 17.1. The summed E-state index contributed by atoms with van der Waals surface area (Å²) >= 11 is 6.21. The molecule has 0 spiro atoms. The Morgan fingerprint density at radius 3 is 2.37 bits per heavy atom. The van der Waals surface area contributed by atoms with Gasteiger partial charge in [0.25, 0.3) is 16.1 Å². The predicted octanol–water partition coefficient (Wildman–Crippen LogP) is 1.46. The molecule has 2 heterocycles. The normalized spacial score (nSPS) is 18.0. The molecule has 27 heavy (non-hydrogen) atoms. The van der Waals surface area contributed by atoms with Crippen molar-refractivity contribution in [1.29, 1.82) is 0 Å². The smallest absolute Gasteiger partial charge is 0.282 e. The Balaban J connectivity index is 1.70. The highest BCUT2D eigenvalue weighted by Crippen LogP contribution is 2.38. The monoisotopic (exact) mass is 417 g/mol. The number of fused-ring (bicyclic) bond motifs is 1. The minimum atomic E-state index is -3.49. The summed E-state index contributed by atoms with van der Waals surface area (Å²) in [5, 5.41) is 0.332. The second-order valence-corrected chi connectivity index (χ2v) is 8.60. The van der Waals surface area contributed by atoms with Crippen LogP contribution in [0.5, 0.6) is 11.5 Å². The molecule has 150 valence electrons. The molecular weight excluding hydrogens is 394 g/mol. The van der Waals surface area contributed by atoms with Crippen molar-refractivity contribution in [3.63, 3.8) is 0 Å². The highest BCUT2D eigenvalue weighted by Gasteiger charge is 2.32. The number of halogens is 1. The first-order valence-electron chi connectivity index (χ1n) is 9.02. The third-order valence-corrected chi connectivity index (χ3v) is 7.20. The summed E-state index contributed by atoms with van der Waals surface area (Å²) in [7, 11) is -3.49. The van der Waals surface area contributed by atoms with Gasteiger partial charge in [-0.15, -0.1) is 0 Å². The van der Waals surface area contributed by atoms with E-state index >= 15 is 0 Å². The van der Waals surface area contributed by atoms with Crippen LogP contribution in [0.4, 0.5) is 0 Å². The van der Waals surface area contributed by atoms with Gasteiger partial charge >= 0.3 is 0 Å². The average molecular weight is 418 g/mol. The maximum atomic E-state index is 12.8. The number of rotatable bonds is 5. The number of ether oxygens (including phenoxy) is 2. The number of hydrogen-bond donors (Lipinski definition) is 0. The SMILES string of the molecule is CCN(CC)S(=O)(=O)N1CCN(C(=O)c2cc(Cl)c3c(c2)OCCO3)CC1. The van der Waals surface area contributed by atoms with Gasteiger partial charge in [0.1, 0.15) is 13.2 Å². The van der Waals surface area contributed by atoms with E-state index in [0.29, 0.717) is 61.5 Å². The Kier molecular flexibility index (Phi) is 6.15. The van der Waals surface area contributed by atoms with Gasteiger partial charge in [0.15, 0.2) is 11.5 Å². The van der Waals surface area contributed by atoms with Gasteiger partial charge in [-0.25, -0.2) is 0 Å². The molecule has 0 bridgehead atoms. The standard InChI is InChI=1S/C17H24ClN3O5S/c1-3-20(4-2)27(23,24)21-7-5-19(6-8-21)17(22)13-11-14(18)16-15(12-13)25-9-10-26-16/h11-12H,3-10H2,1-2H3. The van der Waals surface area contributed by atoms with E-state index in [1.165, 1.54) is 8.61 Å². The Hall–Kier alpha value is -1.55. The van der Waals surface area contributed by atoms with Crippen molar-refractivity contribution in [2.24, 2.45) is 0 Å². The van der Waals surface area contributed by atoms with Gasteiger partial charge in [-0.1, -0.05) is 25.4 Å². The first-order valence-corrected chi connectivity index (χ1v) is 10.8. The summed E-state index contributed by atoms with van der Waals surface area (Å²) in [5.74, 6) is 0.711. The van der Waals surface area contributed by atoms with Crippen LogP contribution in [0.3, 0.4) is 0 Å². The molecule has 0 radical (unpaired) electrons. The number of hydrogen-bond acceptors (Lipinski definition) is 5. The minimum Gasteiger partial charge on any atom is -0.486 e. The van der Waals surface area contributed by atoms with Gasteiger partial charge in [-0.2, -0.15) is 17.0 Å². The number of amides is 1. The van der Waals surface area contributed by atoms with Gasteiger partial charge in [-0.05, 0) is 12.1 Å². The molecule has 0 aliphatic carbocycles. The second-order valence-electron chi connectivity index (χ2n) is 6.27. The molecule has 2 aliphatic rings. The molecule has 0 saturated carbocycles. The fourth-order valence-corrected chi connectivity index (χ4v) is 5.12. The molecule has 0 atom stereocenters. The fraction of sp³-hybridized carbons (Fsp3) is 0.588. The molecule has 10 heteroatoms. The largest absolute Gasteiger partial charge is 0.486 e. The number of piperazine rings is 1. The zero-order chi connectivity index (χ0) is 19.6. The van der Waals surface area contributed by atoms with E-state index in [0.717, 1.165) is 0 Å². The summed E-state index contributed by atoms with van der Waals surface area (Å²) in [6.07, 6.45) is 0. The van der Waals surface area contributed by atoms with Crippen LogP contribution < -0.4 is 9.47 Å². The van der Waals surface area contributed by atoms with Crippen molar-refractivity contribution >= 4 is 27.7 Å². The van der Waals surface area contributed by atoms with E-state index in [1.54, 1.807) is 17.0 Å². The maximum Gasteiger partial charge on any atom is 0.282 e. The van der Waals surface area contributed by atoms with Crippen molar-refractivity contribution in [3.05, 3.63) is 22.7 Å². The van der Waals surface area contributed by atoms with Crippen molar-refractivity contribution < 1.29 is 22.7 Å². The van der Waals surface area contributed by atoms with Crippen molar-refractivity contribution in [1.82, 2.24) is 13.5 Å². The lowest BCUT2D eigenvalue weighted by Crippen LogP contribution is -2.54. The van der Waals surface area contributed by atoms with Crippen LogP contribution in [0.25, 0.3) is 0 Å². The van der Waals surface area contributed by atoms with Crippen LogP contribution in [0, 0.1) is 0 Å². The molecule has 0 N–H and O–H groups in total. The molecular formula is C17H24ClN3O5S. The maximum absolute atomic E-state index is 12.8. The number of carbonyl (C=O) groups excluding carboxylic acids is 1. The van der Waals surface area contributed by atoms with Crippen LogP contribution in [-0.4, -0.2) is 80.3 Å². The van der Waals surface area contributed by atoms with E-state index < -0.39 is 10.2 Å². The summed E-state index contributed by atoms with van der Waals surface area (Å²) in [6.45, 7) is 6.48.